The summed E-state index contributed by atoms with van der Waals surface area (Å²) >= 11 is 7.67. The number of hydrogen-bond acceptors (Lipinski definition) is 4. The van der Waals surface area contributed by atoms with Gasteiger partial charge in [0.05, 0.1) is 5.52 Å². The second-order valence-corrected chi connectivity index (χ2v) is 5.50. The topological polar surface area (TPSA) is 51.8 Å². The lowest BCUT2D eigenvalue weighted by Gasteiger charge is -2.05. The molecule has 0 amide bonds. The van der Waals surface area contributed by atoms with Crippen LogP contribution in [0.5, 0.6) is 0 Å². The standard InChI is InChI=1S/C13H10ClN3S/c14-11-4-3-8(6-9-7-17-13(15)18-9)12-10(11)2-1-5-16-12/h1-5,7H,6H2,(H2,15,17). The van der Waals surface area contributed by atoms with Crippen molar-refractivity contribution in [3.05, 3.63) is 52.1 Å². The van der Waals surface area contributed by atoms with Crippen LogP contribution < -0.4 is 5.73 Å². The summed E-state index contributed by atoms with van der Waals surface area (Å²) in [5.74, 6) is 0. The van der Waals surface area contributed by atoms with Crippen LogP contribution in [0.1, 0.15) is 10.4 Å². The van der Waals surface area contributed by atoms with Crippen LogP contribution in [-0.4, -0.2) is 9.97 Å². The van der Waals surface area contributed by atoms with Crippen molar-refractivity contribution in [2.24, 2.45) is 0 Å². The molecule has 1 aromatic carbocycles. The Kier molecular flexibility index (Phi) is 2.89. The van der Waals surface area contributed by atoms with E-state index < -0.39 is 0 Å². The van der Waals surface area contributed by atoms with Crippen molar-refractivity contribution in [3.8, 4) is 0 Å². The van der Waals surface area contributed by atoms with Gasteiger partial charge in [-0.1, -0.05) is 17.7 Å². The molecular weight excluding hydrogens is 266 g/mol. The van der Waals surface area contributed by atoms with Gasteiger partial charge in [0.2, 0.25) is 0 Å². The Hall–Kier alpha value is -1.65. The zero-order chi connectivity index (χ0) is 12.5. The molecule has 3 nitrogen and oxygen atoms in total. The normalized spacial score (nSPS) is 10.9. The molecule has 0 aliphatic heterocycles. The molecule has 0 aliphatic rings. The molecule has 0 fully saturated rings. The van der Waals surface area contributed by atoms with E-state index in [2.05, 4.69) is 9.97 Å². The Bertz CT molecular complexity index is 708. The second kappa shape index (κ2) is 4.55. The number of nitrogens with zero attached hydrogens (tertiary/aromatic N) is 2. The molecule has 2 heterocycles. The smallest absolute Gasteiger partial charge is 0.180 e. The van der Waals surface area contributed by atoms with E-state index in [-0.39, 0.29) is 0 Å². The van der Waals surface area contributed by atoms with Gasteiger partial charge >= 0.3 is 0 Å². The Balaban J connectivity index is 2.09. The van der Waals surface area contributed by atoms with Crippen molar-refractivity contribution in [1.82, 2.24) is 9.97 Å². The summed E-state index contributed by atoms with van der Waals surface area (Å²) in [6, 6.07) is 7.79. The van der Waals surface area contributed by atoms with Crippen molar-refractivity contribution < 1.29 is 0 Å². The number of anilines is 1. The highest BCUT2D eigenvalue weighted by atomic mass is 35.5. The van der Waals surface area contributed by atoms with Crippen LogP contribution in [-0.2, 0) is 6.42 Å². The van der Waals surface area contributed by atoms with Crippen molar-refractivity contribution in [1.29, 1.82) is 0 Å². The number of nitrogens with two attached hydrogens (primary N) is 1. The average molecular weight is 276 g/mol. The minimum absolute atomic E-state index is 0.594. The monoisotopic (exact) mass is 275 g/mol. The number of halogens is 1. The van der Waals surface area contributed by atoms with Crippen LogP contribution >= 0.6 is 22.9 Å². The summed E-state index contributed by atoms with van der Waals surface area (Å²) in [5, 5.41) is 2.30. The van der Waals surface area contributed by atoms with E-state index in [9.17, 15) is 0 Å². The van der Waals surface area contributed by atoms with Crippen LogP contribution in [0.3, 0.4) is 0 Å². The molecular formula is C13H10ClN3S. The molecule has 18 heavy (non-hydrogen) atoms. The van der Waals surface area contributed by atoms with Crippen LogP contribution in [0, 0.1) is 0 Å². The molecule has 0 saturated heterocycles. The van der Waals surface area contributed by atoms with E-state index in [1.54, 1.807) is 6.20 Å². The predicted molar refractivity (Wildman–Crippen MR) is 76.1 cm³/mol. The molecule has 0 spiro atoms. The van der Waals surface area contributed by atoms with E-state index in [1.165, 1.54) is 11.3 Å². The van der Waals surface area contributed by atoms with Gasteiger partial charge in [0.25, 0.3) is 0 Å². The Morgan fingerprint density at radius 3 is 2.89 bits per heavy atom. The lowest BCUT2D eigenvalue weighted by Crippen LogP contribution is -1.90. The second-order valence-electron chi connectivity index (χ2n) is 3.95. The predicted octanol–water partition coefficient (Wildman–Crippen LogP) is 3.52. The Labute approximate surface area is 113 Å². The third kappa shape index (κ3) is 2.05. The van der Waals surface area contributed by atoms with Gasteiger partial charge in [0, 0.05) is 34.1 Å². The van der Waals surface area contributed by atoms with E-state index in [1.807, 2.05) is 30.5 Å². The fraction of sp³-hybridized carbons (Fsp3) is 0.0769. The number of benzene rings is 1. The zero-order valence-corrected chi connectivity index (χ0v) is 11.0. The number of rotatable bonds is 2. The van der Waals surface area contributed by atoms with Gasteiger partial charge in [0.1, 0.15) is 0 Å². The Morgan fingerprint density at radius 2 is 2.11 bits per heavy atom. The van der Waals surface area contributed by atoms with Crippen LogP contribution in [0.25, 0.3) is 10.9 Å². The fourth-order valence-electron chi connectivity index (χ4n) is 1.93. The van der Waals surface area contributed by atoms with E-state index >= 15 is 0 Å². The number of pyridine rings is 1. The highest BCUT2D eigenvalue weighted by Crippen LogP contribution is 2.27. The van der Waals surface area contributed by atoms with Gasteiger partial charge in [-0.05, 0) is 23.8 Å². The molecule has 90 valence electrons. The lowest BCUT2D eigenvalue weighted by molar-refractivity contribution is 1.22. The third-order valence-corrected chi connectivity index (χ3v) is 3.89. The molecule has 0 bridgehead atoms. The van der Waals surface area contributed by atoms with Gasteiger partial charge in [0.15, 0.2) is 5.13 Å². The molecule has 5 heteroatoms. The quantitative estimate of drug-likeness (QED) is 0.778. The first-order valence-electron chi connectivity index (χ1n) is 5.46. The SMILES string of the molecule is Nc1ncc(Cc2ccc(Cl)c3cccnc23)s1. The number of aromatic nitrogens is 2. The highest BCUT2D eigenvalue weighted by Gasteiger charge is 2.08. The summed E-state index contributed by atoms with van der Waals surface area (Å²) in [4.78, 5) is 9.60. The Morgan fingerprint density at radius 1 is 1.22 bits per heavy atom. The van der Waals surface area contributed by atoms with E-state index in [0.717, 1.165) is 32.8 Å². The van der Waals surface area contributed by atoms with Crippen LogP contribution in [0.4, 0.5) is 5.13 Å². The summed E-state index contributed by atoms with van der Waals surface area (Å²) in [6.07, 6.45) is 4.37. The molecule has 3 aromatic rings. The third-order valence-electron chi connectivity index (χ3n) is 2.74. The number of nitrogen functional groups attached to an aromatic ring is 1. The van der Waals surface area contributed by atoms with Crippen molar-refractivity contribution in [2.75, 3.05) is 5.73 Å². The minimum atomic E-state index is 0.594. The first-order valence-corrected chi connectivity index (χ1v) is 6.66. The molecule has 0 atom stereocenters. The maximum atomic E-state index is 6.17. The van der Waals surface area contributed by atoms with Gasteiger partial charge in [-0.25, -0.2) is 4.98 Å². The van der Waals surface area contributed by atoms with Crippen LogP contribution in [0.2, 0.25) is 5.02 Å². The lowest BCUT2D eigenvalue weighted by atomic mass is 10.1. The molecule has 2 N–H and O–H groups in total. The first-order chi connectivity index (χ1) is 8.74. The van der Waals surface area contributed by atoms with Crippen LogP contribution in [0.15, 0.2) is 36.7 Å². The molecule has 0 unspecified atom stereocenters. The fourth-order valence-corrected chi connectivity index (χ4v) is 2.85. The van der Waals surface area contributed by atoms with Gasteiger partial charge in [-0.15, -0.1) is 11.3 Å². The summed E-state index contributed by atoms with van der Waals surface area (Å²) in [5.41, 5.74) is 7.72. The molecule has 0 radical (unpaired) electrons. The molecule has 2 aromatic heterocycles. The van der Waals surface area contributed by atoms with Crippen molar-refractivity contribution in [3.63, 3.8) is 0 Å². The highest BCUT2D eigenvalue weighted by molar-refractivity contribution is 7.15. The van der Waals surface area contributed by atoms with E-state index in [4.69, 9.17) is 17.3 Å². The number of hydrogen-bond donors (Lipinski definition) is 1. The molecule has 0 aliphatic carbocycles. The number of fused-ring (bicyclic) bond motifs is 1. The van der Waals surface area contributed by atoms with Gasteiger partial charge in [-0.3, -0.25) is 4.98 Å². The average Bonchev–Trinajstić information content (AvgIpc) is 2.79. The molecule has 0 saturated carbocycles. The minimum Gasteiger partial charge on any atom is -0.375 e. The summed E-state index contributed by atoms with van der Waals surface area (Å²) in [6.45, 7) is 0. The maximum Gasteiger partial charge on any atom is 0.180 e. The van der Waals surface area contributed by atoms with Gasteiger partial charge in [-0.2, -0.15) is 0 Å². The number of thiazole rings is 1. The van der Waals surface area contributed by atoms with E-state index in [0.29, 0.717) is 5.13 Å². The summed E-state index contributed by atoms with van der Waals surface area (Å²) in [7, 11) is 0. The van der Waals surface area contributed by atoms with Crippen molar-refractivity contribution >= 4 is 39.0 Å². The maximum absolute atomic E-state index is 6.17. The van der Waals surface area contributed by atoms with Gasteiger partial charge < -0.3 is 5.73 Å². The first kappa shape index (κ1) is 11.4. The summed E-state index contributed by atoms with van der Waals surface area (Å²) < 4.78 is 0. The molecule has 3 rings (SSSR count). The zero-order valence-electron chi connectivity index (χ0n) is 9.43. The van der Waals surface area contributed by atoms with Crippen molar-refractivity contribution in [2.45, 2.75) is 6.42 Å². The largest absolute Gasteiger partial charge is 0.375 e.